The van der Waals surface area contributed by atoms with Crippen LogP contribution in [0.15, 0.2) is 36.4 Å². The van der Waals surface area contributed by atoms with Crippen LogP contribution in [0.1, 0.15) is 23.6 Å². The Morgan fingerprint density at radius 2 is 2.00 bits per heavy atom. The van der Waals surface area contributed by atoms with Gasteiger partial charge in [-0.3, -0.25) is 4.79 Å². The first-order chi connectivity index (χ1) is 11.5. The largest absolute Gasteiger partial charge is 0.481 e. The predicted molar refractivity (Wildman–Crippen MR) is 91.7 cm³/mol. The van der Waals surface area contributed by atoms with Crippen LogP contribution in [0.3, 0.4) is 0 Å². The van der Waals surface area contributed by atoms with Gasteiger partial charge in [0.15, 0.2) is 6.10 Å². The number of amides is 1. The van der Waals surface area contributed by atoms with Gasteiger partial charge in [0.25, 0.3) is 5.91 Å². The minimum atomic E-state index is -0.718. The Labute approximate surface area is 141 Å². The first-order valence-electron chi connectivity index (χ1n) is 8.10. The standard InChI is InChI=1S/C19H21FN2O2/c1-12-3-6-15(7-4-12)24-13(2)19(23)22-17-8-5-14-11-21-10-9-16(14)18(17)20/h3-8,13,21H,9-11H2,1-2H3,(H,22,23). The molecule has 2 aromatic carbocycles. The van der Waals surface area contributed by atoms with E-state index < -0.39 is 6.10 Å². The molecule has 1 aliphatic heterocycles. The van der Waals surface area contributed by atoms with Crippen molar-refractivity contribution < 1.29 is 13.9 Å². The molecular weight excluding hydrogens is 307 g/mol. The Morgan fingerprint density at radius 1 is 1.25 bits per heavy atom. The second kappa shape index (κ2) is 7.01. The third kappa shape index (κ3) is 3.57. The predicted octanol–water partition coefficient (Wildman–Crippen LogP) is 3.19. The van der Waals surface area contributed by atoms with Crippen LogP contribution in [-0.4, -0.2) is 18.6 Å². The summed E-state index contributed by atoms with van der Waals surface area (Å²) in [5, 5.41) is 5.84. The molecule has 2 N–H and O–H groups in total. The van der Waals surface area contributed by atoms with Gasteiger partial charge < -0.3 is 15.4 Å². The zero-order valence-corrected chi connectivity index (χ0v) is 13.9. The van der Waals surface area contributed by atoms with Crippen molar-refractivity contribution in [1.29, 1.82) is 0 Å². The molecule has 0 saturated heterocycles. The average molecular weight is 328 g/mol. The lowest BCUT2D eigenvalue weighted by molar-refractivity contribution is -0.122. The van der Waals surface area contributed by atoms with Crippen molar-refractivity contribution in [3.8, 4) is 5.75 Å². The fraction of sp³-hybridized carbons (Fsp3) is 0.316. The number of carbonyl (C=O) groups is 1. The molecule has 1 amide bonds. The second-order valence-electron chi connectivity index (χ2n) is 6.05. The molecule has 0 saturated carbocycles. The fourth-order valence-corrected chi connectivity index (χ4v) is 2.74. The highest BCUT2D eigenvalue weighted by molar-refractivity contribution is 5.94. The summed E-state index contributed by atoms with van der Waals surface area (Å²) >= 11 is 0. The van der Waals surface area contributed by atoms with Gasteiger partial charge in [-0.1, -0.05) is 23.8 Å². The van der Waals surface area contributed by atoms with Crippen molar-refractivity contribution in [2.24, 2.45) is 0 Å². The third-order valence-corrected chi connectivity index (χ3v) is 4.17. The molecule has 0 bridgehead atoms. The number of benzene rings is 2. The molecule has 1 unspecified atom stereocenters. The van der Waals surface area contributed by atoms with Gasteiger partial charge in [-0.05, 0) is 56.1 Å². The Kier molecular flexibility index (Phi) is 4.81. The van der Waals surface area contributed by atoms with Crippen molar-refractivity contribution in [3.63, 3.8) is 0 Å². The SMILES string of the molecule is Cc1ccc(OC(C)C(=O)Nc2ccc3c(c2F)CCNC3)cc1. The number of aryl methyl sites for hydroxylation is 1. The fourth-order valence-electron chi connectivity index (χ4n) is 2.74. The Hall–Kier alpha value is -2.40. The van der Waals surface area contributed by atoms with Crippen LogP contribution in [0.4, 0.5) is 10.1 Å². The van der Waals surface area contributed by atoms with Gasteiger partial charge in [-0.2, -0.15) is 0 Å². The maximum Gasteiger partial charge on any atom is 0.265 e. The lowest BCUT2D eigenvalue weighted by Gasteiger charge is -2.20. The maximum absolute atomic E-state index is 14.6. The van der Waals surface area contributed by atoms with E-state index in [4.69, 9.17) is 4.74 Å². The molecule has 126 valence electrons. The first-order valence-corrected chi connectivity index (χ1v) is 8.10. The number of hydrogen-bond acceptors (Lipinski definition) is 3. The van der Waals surface area contributed by atoms with Gasteiger partial charge >= 0.3 is 0 Å². The number of hydrogen-bond donors (Lipinski definition) is 2. The molecule has 0 radical (unpaired) electrons. The summed E-state index contributed by atoms with van der Waals surface area (Å²) in [5.41, 5.74) is 2.95. The van der Waals surface area contributed by atoms with Crippen molar-refractivity contribution in [2.75, 3.05) is 11.9 Å². The molecule has 0 fully saturated rings. The van der Waals surface area contributed by atoms with Gasteiger partial charge in [-0.15, -0.1) is 0 Å². The quantitative estimate of drug-likeness (QED) is 0.906. The number of fused-ring (bicyclic) bond motifs is 1. The van der Waals surface area contributed by atoms with E-state index in [9.17, 15) is 9.18 Å². The summed E-state index contributed by atoms with van der Waals surface area (Å²) < 4.78 is 20.2. The Morgan fingerprint density at radius 3 is 2.75 bits per heavy atom. The third-order valence-electron chi connectivity index (χ3n) is 4.17. The van der Waals surface area contributed by atoms with E-state index in [1.807, 2.05) is 37.3 Å². The maximum atomic E-state index is 14.6. The first kappa shape index (κ1) is 16.5. The highest BCUT2D eigenvalue weighted by Gasteiger charge is 2.20. The van der Waals surface area contributed by atoms with Crippen LogP contribution >= 0.6 is 0 Å². The van der Waals surface area contributed by atoms with E-state index in [0.29, 0.717) is 24.3 Å². The summed E-state index contributed by atoms with van der Waals surface area (Å²) in [5.74, 6) is -0.103. The topological polar surface area (TPSA) is 50.4 Å². The van der Waals surface area contributed by atoms with Crippen LogP contribution in [0.25, 0.3) is 0 Å². The van der Waals surface area contributed by atoms with Crippen molar-refractivity contribution in [3.05, 3.63) is 58.9 Å². The summed E-state index contributed by atoms with van der Waals surface area (Å²) in [6.07, 6.45) is -0.0925. The van der Waals surface area contributed by atoms with Crippen LogP contribution in [0.5, 0.6) is 5.75 Å². The van der Waals surface area contributed by atoms with Crippen LogP contribution in [-0.2, 0) is 17.8 Å². The molecule has 3 rings (SSSR count). The van der Waals surface area contributed by atoms with E-state index in [1.54, 1.807) is 13.0 Å². The minimum Gasteiger partial charge on any atom is -0.481 e. The van der Waals surface area contributed by atoms with E-state index in [0.717, 1.165) is 17.7 Å². The van der Waals surface area contributed by atoms with E-state index in [-0.39, 0.29) is 17.4 Å². The van der Waals surface area contributed by atoms with E-state index in [1.165, 1.54) is 0 Å². The summed E-state index contributed by atoms with van der Waals surface area (Å²) in [7, 11) is 0. The van der Waals surface area contributed by atoms with Crippen LogP contribution in [0.2, 0.25) is 0 Å². The molecule has 5 heteroatoms. The van der Waals surface area contributed by atoms with Crippen molar-refractivity contribution >= 4 is 11.6 Å². The minimum absolute atomic E-state index is 0.208. The average Bonchev–Trinajstić information content (AvgIpc) is 2.59. The Bertz CT molecular complexity index is 744. The van der Waals surface area contributed by atoms with Crippen molar-refractivity contribution in [2.45, 2.75) is 32.9 Å². The molecular formula is C19H21FN2O2. The lowest BCUT2D eigenvalue weighted by atomic mass is 9.99. The van der Waals surface area contributed by atoms with Gasteiger partial charge in [0.05, 0.1) is 5.69 Å². The molecule has 0 spiro atoms. The van der Waals surface area contributed by atoms with E-state index in [2.05, 4.69) is 10.6 Å². The molecule has 1 atom stereocenters. The smallest absolute Gasteiger partial charge is 0.265 e. The molecule has 0 aromatic heterocycles. The van der Waals surface area contributed by atoms with Gasteiger partial charge in [-0.25, -0.2) is 4.39 Å². The molecule has 24 heavy (non-hydrogen) atoms. The van der Waals surface area contributed by atoms with Crippen molar-refractivity contribution in [1.82, 2.24) is 5.32 Å². The van der Waals surface area contributed by atoms with Gasteiger partial charge in [0.1, 0.15) is 11.6 Å². The lowest BCUT2D eigenvalue weighted by Crippen LogP contribution is -2.31. The van der Waals surface area contributed by atoms with Gasteiger partial charge in [0, 0.05) is 6.54 Å². The number of nitrogens with one attached hydrogen (secondary N) is 2. The number of anilines is 1. The summed E-state index contributed by atoms with van der Waals surface area (Å²) in [6.45, 7) is 5.03. The molecule has 1 aliphatic rings. The normalized spacial score (nSPS) is 14.6. The summed E-state index contributed by atoms with van der Waals surface area (Å²) in [4.78, 5) is 12.3. The highest BCUT2D eigenvalue weighted by atomic mass is 19.1. The van der Waals surface area contributed by atoms with Gasteiger partial charge in [0.2, 0.25) is 0 Å². The summed E-state index contributed by atoms with van der Waals surface area (Å²) in [6, 6.07) is 10.9. The molecule has 2 aromatic rings. The second-order valence-corrected chi connectivity index (χ2v) is 6.05. The van der Waals surface area contributed by atoms with Crippen LogP contribution in [0, 0.1) is 12.7 Å². The number of ether oxygens (including phenoxy) is 1. The Balaban J connectivity index is 1.69. The van der Waals surface area contributed by atoms with Crippen LogP contribution < -0.4 is 15.4 Å². The number of rotatable bonds is 4. The monoisotopic (exact) mass is 328 g/mol. The molecule has 4 nitrogen and oxygen atoms in total. The zero-order chi connectivity index (χ0) is 17.1. The molecule has 1 heterocycles. The molecule has 0 aliphatic carbocycles. The number of halogens is 1. The number of carbonyl (C=O) groups excluding carboxylic acids is 1. The van der Waals surface area contributed by atoms with E-state index >= 15 is 0 Å². The highest BCUT2D eigenvalue weighted by Crippen LogP contribution is 2.25. The zero-order valence-electron chi connectivity index (χ0n) is 13.9.